The van der Waals surface area contributed by atoms with Gasteiger partial charge >= 0.3 is 6.18 Å². The predicted octanol–water partition coefficient (Wildman–Crippen LogP) is 4.11. The maximum absolute atomic E-state index is 13.0. The average molecular weight is 422 g/mol. The van der Waals surface area contributed by atoms with Crippen LogP contribution in [0.15, 0.2) is 36.4 Å². The van der Waals surface area contributed by atoms with E-state index in [-0.39, 0.29) is 12.5 Å². The van der Waals surface area contributed by atoms with Crippen LogP contribution in [0.4, 0.5) is 13.2 Å². The molecule has 3 aromatic rings. The highest BCUT2D eigenvalue weighted by atomic mass is 32.1. The maximum Gasteiger partial charge on any atom is 0.401 e. The Morgan fingerprint density at radius 2 is 1.90 bits per heavy atom. The summed E-state index contributed by atoms with van der Waals surface area (Å²) in [7, 11) is 0. The number of carbonyl (C=O) groups is 1. The van der Waals surface area contributed by atoms with Gasteiger partial charge in [0.1, 0.15) is 4.83 Å². The summed E-state index contributed by atoms with van der Waals surface area (Å²) in [5, 5.41) is 5.51. The molecule has 0 N–H and O–H groups in total. The van der Waals surface area contributed by atoms with Gasteiger partial charge in [0.25, 0.3) is 5.91 Å². The second-order valence-electron chi connectivity index (χ2n) is 7.20. The summed E-state index contributed by atoms with van der Waals surface area (Å²) in [5.74, 6) is -0.126. The van der Waals surface area contributed by atoms with Crippen LogP contribution in [0.1, 0.15) is 21.8 Å². The molecule has 154 valence electrons. The molecule has 1 saturated heterocycles. The average Bonchev–Trinajstić information content (AvgIpc) is 3.15. The number of nitrogens with zero attached hydrogens (tertiary/aromatic N) is 4. The number of amides is 1. The zero-order chi connectivity index (χ0) is 20.6. The molecule has 0 saturated carbocycles. The molecule has 0 radical (unpaired) electrons. The predicted molar refractivity (Wildman–Crippen MR) is 107 cm³/mol. The van der Waals surface area contributed by atoms with Crippen molar-refractivity contribution in [1.29, 1.82) is 0 Å². The quantitative estimate of drug-likeness (QED) is 0.638. The van der Waals surface area contributed by atoms with Crippen LogP contribution >= 0.6 is 11.3 Å². The Morgan fingerprint density at radius 1 is 1.14 bits per heavy atom. The number of aryl methyl sites for hydroxylation is 1. The molecular weight excluding hydrogens is 401 g/mol. The van der Waals surface area contributed by atoms with E-state index in [1.54, 1.807) is 4.90 Å². The van der Waals surface area contributed by atoms with E-state index in [4.69, 9.17) is 0 Å². The van der Waals surface area contributed by atoms with Gasteiger partial charge in [-0.2, -0.15) is 18.3 Å². The molecule has 2 aromatic heterocycles. The number of hydrogen-bond acceptors (Lipinski definition) is 4. The molecular formula is C20H21F3N4OS. The lowest BCUT2D eigenvalue weighted by atomic mass is 10.3. The zero-order valence-corrected chi connectivity index (χ0v) is 16.8. The van der Waals surface area contributed by atoms with Crippen molar-refractivity contribution in [1.82, 2.24) is 19.6 Å². The van der Waals surface area contributed by atoms with E-state index in [0.717, 1.165) is 21.6 Å². The van der Waals surface area contributed by atoms with Gasteiger partial charge in [-0.05, 0) is 31.5 Å². The van der Waals surface area contributed by atoms with Crippen LogP contribution in [0, 0.1) is 6.92 Å². The Balaban J connectivity index is 1.55. The summed E-state index contributed by atoms with van der Waals surface area (Å²) in [5.41, 5.74) is 1.76. The third kappa shape index (κ3) is 4.30. The van der Waals surface area contributed by atoms with Gasteiger partial charge in [0.05, 0.1) is 22.8 Å². The Labute approximate surface area is 170 Å². The Hall–Kier alpha value is -2.39. The molecule has 29 heavy (non-hydrogen) atoms. The van der Waals surface area contributed by atoms with Crippen LogP contribution in [-0.2, 0) is 0 Å². The number of thiophene rings is 1. The highest BCUT2D eigenvalue weighted by molar-refractivity contribution is 7.20. The maximum atomic E-state index is 13.0. The number of alkyl halides is 3. The van der Waals surface area contributed by atoms with Gasteiger partial charge in [-0.15, -0.1) is 11.3 Å². The molecule has 0 unspecified atom stereocenters. The molecule has 0 atom stereocenters. The molecule has 4 rings (SSSR count). The minimum Gasteiger partial charge on any atom is -0.337 e. The van der Waals surface area contributed by atoms with Gasteiger partial charge in [0.15, 0.2) is 0 Å². The van der Waals surface area contributed by atoms with Gasteiger partial charge < -0.3 is 4.90 Å². The topological polar surface area (TPSA) is 41.4 Å². The molecule has 3 heterocycles. The summed E-state index contributed by atoms with van der Waals surface area (Å²) in [4.78, 5) is 17.6. The molecule has 0 spiro atoms. The zero-order valence-electron chi connectivity index (χ0n) is 15.9. The third-order valence-electron chi connectivity index (χ3n) is 5.03. The minimum atomic E-state index is -4.22. The molecule has 1 aliphatic heterocycles. The fraction of sp³-hybridized carbons (Fsp3) is 0.400. The van der Waals surface area contributed by atoms with Crippen LogP contribution in [0.2, 0.25) is 0 Å². The minimum absolute atomic E-state index is 0.126. The first-order valence-corrected chi connectivity index (χ1v) is 10.3. The number of aromatic nitrogens is 2. The third-order valence-corrected chi connectivity index (χ3v) is 6.13. The van der Waals surface area contributed by atoms with Gasteiger partial charge in [-0.3, -0.25) is 9.69 Å². The van der Waals surface area contributed by atoms with Gasteiger partial charge in [-0.1, -0.05) is 18.2 Å². The molecule has 1 aromatic carbocycles. The van der Waals surface area contributed by atoms with E-state index >= 15 is 0 Å². The summed E-state index contributed by atoms with van der Waals surface area (Å²) in [6.07, 6.45) is -3.69. The van der Waals surface area contributed by atoms with E-state index in [1.807, 2.05) is 48.0 Å². The summed E-state index contributed by atoms with van der Waals surface area (Å²) < 4.78 is 39.8. The molecule has 1 aliphatic rings. The van der Waals surface area contributed by atoms with Crippen LogP contribution in [0.5, 0.6) is 0 Å². The van der Waals surface area contributed by atoms with E-state index in [0.29, 0.717) is 30.9 Å². The van der Waals surface area contributed by atoms with Crippen molar-refractivity contribution >= 4 is 27.5 Å². The normalized spacial score (nSPS) is 16.3. The number of rotatable bonds is 3. The number of carbonyl (C=O) groups excluding carboxylic acids is 1. The van der Waals surface area contributed by atoms with Gasteiger partial charge in [-0.25, -0.2) is 4.68 Å². The van der Waals surface area contributed by atoms with E-state index < -0.39 is 12.7 Å². The standard InChI is InChI=1S/C20H21F3N4OS/c1-14-16-12-17(29-19(16)27(24-14)15-6-3-2-4-7-15)18(28)26-9-5-8-25(10-11-26)13-20(21,22)23/h2-4,6-7,12H,5,8-11,13H2,1H3. The molecule has 0 aliphatic carbocycles. The van der Waals surface area contributed by atoms with E-state index in [1.165, 1.54) is 16.2 Å². The first-order chi connectivity index (χ1) is 13.8. The van der Waals surface area contributed by atoms with Crippen molar-refractivity contribution in [3.63, 3.8) is 0 Å². The monoisotopic (exact) mass is 422 g/mol. The van der Waals surface area contributed by atoms with Crippen molar-refractivity contribution in [3.05, 3.63) is 47.0 Å². The van der Waals surface area contributed by atoms with Gasteiger partial charge in [0.2, 0.25) is 0 Å². The highest BCUT2D eigenvalue weighted by Crippen LogP contribution is 2.31. The second kappa shape index (κ2) is 7.79. The van der Waals surface area contributed by atoms with E-state index in [9.17, 15) is 18.0 Å². The summed E-state index contributed by atoms with van der Waals surface area (Å²) >= 11 is 1.37. The lowest BCUT2D eigenvalue weighted by molar-refractivity contribution is -0.145. The van der Waals surface area contributed by atoms with Crippen molar-refractivity contribution in [3.8, 4) is 5.69 Å². The molecule has 0 bridgehead atoms. The summed E-state index contributed by atoms with van der Waals surface area (Å²) in [6, 6.07) is 11.6. The number of halogens is 3. The molecule has 5 nitrogen and oxygen atoms in total. The molecule has 1 amide bonds. The molecule has 9 heteroatoms. The first-order valence-electron chi connectivity index (χ1n) is 9.45. The number of fused-ring (bicyclic) bond motifs is 1. The Kier molecular flexibility index (Phi) is 5.35. The van der Waals surface area contributed by atoms with E-state index in [2.05, 4.69) is 5.10 Å². The second-order valence-corrected chi connectivity index (χ2v) is 8.23. The lowest BCUT2D eigenvalue weighted by Crippen LogP contribution is -2.38. The summed E-state index contributed by atoms with van der Waals surface area (Å²) in [6.45, 7) is 2.32. The number of para-hydroxylation sites is 1. The fourth-order valence-corrected chi connectivity index (χ4v) is 4.79. The first kappa shape index (κ1) is 19.9. The smallest absolute Gasteiger partial charge is 0.337 e. The highest BCUT2D eigenvalue weighted by Gasteiger charge is 2.32. The van der Waals surface area contributed by atoms with Crippen LogP contribution in [-0.4, -0.2) is 64.4 Å². The number of hydrogen-bond donors (Lipinski definition) is 0. The van der Waals surface area contributed by atoms with Gasteiger partial charge in [0, 0.05) is 31.6 Å². The van der Waals surface area contributed by atoms with Crippen LogP contribution < -0.4 is 0 Å². The number of benzene rings is 1. The SMILES string of the molecule is Cc1nn(-c2ccccc2)c2sc(C(=O)N3CCCN(CC(F)(F)F)CC3)cc12. The molecule has 1 fully saturated rings. The van der Waals surface area contributed by atoms with Crippen molar-refractivity contribution in [2.24, 2.45) is 0 Å². The Bertz CT molecular complexity index is 1010. The Morgan fingerprint density at radius 3 is 2.62 bits per heavy atom. The fourth-order valence-electron chi connectivity index (χ4n) is 3.64. The van der Waals surface area contributed by atoms with Crippen molar-refractivity contribution in [2.75, 3.05) is 32.7 Å². The lowest BCUT2D eigenvalue weighted by Gasteiger charge is -2.22. The van der Waals surface area contributed by atoms with Crippen LogP contribution in [0.3, 0.4) is 0 Å². The van der Waals surface area contributed by atoms with Crippen LogP contribution in [0.25, 0.3) is 15.9 Å². The largest absolute Gasteiger partial charge is 0.401 e. The van der Waals surface area contributed by atoms with Crippen molar-refractivity contribution < 1.29 is 18.0 Å². The van der Waals surface area contributed by atoms with Crippen molar-refractivity contribution in [2.45, 2.75) is 19.5 Å².